The van der Waals surface area contributed by atoms with Crippen LogP contribution in [0.2, 0.25) is 0 Å². The highest BCUT2D eigenvalue weighted by molar-refractivity contribution is 9.10. The Kier molecular flexibility index (Phi) is 4.05. The quantitative estimate of drug-likeness (QED) is 0.565. The first-order valence-electron chi connectivity index (χ1n) is 6.89. The number of aromatic nitrogens is 2. The van der Waals surface area contributed by atoms with E-state index < -0.39 is 0 Å². The molecule has 1 heterocycles. The van der Waals surface area contributed by atoms with Crippen LogP contribution < -0.4 is 0 Å². The zero-order chi connectivity index (χ0) is 15.0. The first-order chi connectivity index (χ1) is 10.1. The molecule has 21 heavy (non-hydrogen) atoms. The summed E-state index contributed by atoms with van der Waals surface area (Å²) in [5, 5.41) is 0. The summed E-state index contributed by atoms with van der Waals surface area (Å²) in [5.74, 6) is 1.31. The van der Waals surface area contributed by atoms with Gasteiger partial charge in [0.1, 0.15) is 5.82 Å². The Hall–Kier alpha value is -1.32. The molecule has 4 heteroatoms. The van der Waals surface area contributed by atoms with Gasteiger partial charge in [-0.1, -0.05) is 40.2 Å². The van der Waals surface area contributed by atoms with Crippen LogP contribution in [0.15, 0.2) is 46.9 Å². The number of alkyl halides is 1. The van der Waals surface area contributed by atoms with Gasteiger partial charge in [-0.3, -0.25) is 0 Å². The maximum atomic E-state index is 6.12. The van der Waals surface area contributed by atoms with E-state index in [9.17, 15) is 0 Å². The second-order valence-corrected chi connectivity index (χ2v) is 6.38. The highest BCUT2D eigenvalue weighted by atomic mass is 79.9. The summed E-state index contributed by atoms with van der Waals surface area (Å²) in [4.78, 5) is 4.66. The fourth-order valence-electron chi connectivity index (χ4n) is 2.84. The molecule has 0 radical (unpaired) electrons. The number of nitrogens with zero attached hydrogens (tertiary/aromatic N) is 2. The molecular weight excluding hydrogens is 348 g/mol. The Bertz CT molecular complexity index is 795. The Morgan fingerprint density at radius 3 is 2.71 bits per heavy atom. The monoisotopic (exact) mass is 362 g/mol. The fourth-order valence-corrected chi connectivity index (χ4v) is 3.37. The van der Waals surface area contributed by atoms with Crippen LogP contribution in [0.1, 0.15) is 29.9 Å². The predicted octanol–water partition coefficient (Wildman–Crippen LogP) is 5.46. The number of aryl methyl sites for hydroxylation is 1. The Balaban J connectivity index is 2.23. The van der Waals surface area contributed by atoms with Crippen molar-refractivity contribution in [3.05, 3.63) is 63.9 Å². The van der Waals surface area contributed by atoms with Crippen molar-refractivity contribution >= 4 is 38.6 Å². The van der Waals surface area contributed by atoms with Crippen LogP contribution in [-0.2, 0) is 5.88 Å². The van der Waals surface area contributed by atoms with Crippen LogP contribution in [0.25, 0.3) is 11.0 Å². The standard InChI is InChI=1S/C17H16BrClN2/c1-11-5-3-4-6-14(11)12(2)21-16-9-13(18)7-8-15(16)20-17(21)10-19/h3-9,12H,10H2,1-2H3. The van der Waals surface area contributed by atoms with E-state index in [2.05, 4.69) is 69.7 Å². The molecule has 1 atom stereocenters. The van der Waals surface area contributed by atoms with Gasteiger partial charge >= 0.3 is 0 Å². The molecule has 0 saturated heterocycles. The van der Waals surface area contributed by atoms with Gasteiger partial charge < -0.3 is 4.57 Å². The highest BCUT2D eigenvalue weighted by Crippen LogP contribution is 2.30. The van der Waals surface area contributed by atoms with Gasteiger partial charge in [-0.2, -0.15) is 0 Å². The molecule has 0 amide bonds. The van der Waals surface area contributed by atoms with Crippen molar-refractivity contribution in [3.8, 4) is 0 Å². The molecule has 0 spiro atoms. The molecule has 1 unspecified atom stereocenters. The number of rotatable bonds is 3. The van der Waals surface area contributed by atoms with Crippen LogP contribution in [0.4, 0.5) is 0 Å². The normalized spacial score (nSPS) is 12.8. The molecular formula is C17H16BrClN2. The van der Waals surface area contributed by atoms with Crippen molar-refractivity contribution in [2.75, 3.05) is 0 Å². The van der Waals surface area contributed by atoms with E-state index >= 15 is 0 Å². The summed E-state index contributed by atoms with van der Waals surface area (Å²) in [6.07, 6.45) is 0. The first-order valence-corrected chi connectivity index (χ1v) is 8.22. The molecule has 3 rings (SSSR count). The zero-order valence-corrected chi connectivity index (χ0v) is 14.3. The molecule has 0 aliphatic rings. The third kappa shape index (κ3) is 2.60. The highest BCUT2D eigenvalue weighted by Gasteiger charge is 2.18. The molecule has 3 aromatic rings. The fraction of sp³-hybridized carbons (Fsp3) is 0.235. The number of benzene rings is 2. The molecule has 108 valence electrons. The van der Waals surface area contributed by atoms with Gasteiger partial charge in [0.25, 0.3) is 0 Å². The van der Waals surface area contributed by atoms with Crippen LogP contribution in [0.5, 0.6) is 0 Å². The Morgan fingerprint density at radius 1 is 1.24 bits per heavy atom. The lowest BCUT2D eigenvalue weighted by molar-refractivity contribution is 0.630. The molecule has 0 aliphatic heterocycles. The average Bonchev–Trinajstić information content (AvgIpc) is 2.84. The molecule has 0 N–H and O–H groups in total. The van der Waals surface area contributed by atoms with Gasteiger partial charge in [-0.05, 0) is 43.2 Å². The van der Waals surface area contributed by atoms with Crippen LogP contribution in [0, 0.1) is 6.92 Å². The van der Waals surface area contributed by atoms with Gasteiger partial charge in [0.05, 0.1) is 23.0 Å². The lowest BCUT2D eigenvalue weighted by Gasteiger charge is -2.19. The molecule has 0 fully saturated rings. The van der Waals surface area contributed by atoms with E-state index in [4.69, 9.17) is 11.6 Å². The van der Waals surface area contributed by atoms with Crippen molar-refractivity contribution in [3.63, 3.8) is 0 Å². The summed E-state index contributed by atoms with van der Waals surface area (Å²) in [6.45, 7) is 4.33. The molecule has 0 aliphatic carbocycles. The zero-order valence-electron chi connectivity index (χ0n) is 12.0. The second kappa shape index (κ2) is 5.82. The summed E-state index contributed by atoms with van der Waals surface area (Å²) in [7, 11) is 0. The van der Waals surface area contributed by atoms with Crippen LogP contribution in [-0.4, -0.2) is 9.55 Å². The van der Waals surface area contributed by atoms with Gasteiger partial charge in [0.2, 0.25) is 0 Å². The summed E-state index contributed by atoms with van der Waals surface area (Å²) >= 11 is 9.66. The van der Waals surface area contributed by atoms with Gasteiger partial charge in [-0.15, -0.1) is 11.6 Å². The van der Waals surface area contributed by atoms with Gasteiger partial charge in [-0.25, -0.2) is 4.98 Å². The molecule has 2 nitrogen and oxygen atoms in total. The minimum absolute atomic E-state index is 0.194. The Morgan fingerprint density at radius 2 is 2.00 bits per heavy atom. The van der Waals surface area contributed by atoms with Crippen LogP contribution >= 0.6 is 27.5 Å². The number of imidazole rings is 1. The summed E-state index contributed by atoms with van der Waals surface area (Å²) < 4.78 is 3.28. The summed E-state index contributed by atoms with van der Waals surface area (Å²) in [6, 6.07) is 14.8. The Labute approximate surface area is 137 Å². The average molecular weight is 364 g/mol. The summed E-state index contributed by atoms with van der Waals surface area (Å²) in [5.41, 5.74) is 4.66. The minimum Gasteiger partial charge on any atom is -0.320 e. The van der Waals surface area contributed by atoms with Crippen molar-refractivity contribution < 1.29 is 0 Å². The van der Waals surface area contributed by atoms with Crippen LogP contribution in [0.3, 0.4) is 0 Å². The largest absolute Gasteiger partial charge is 0.320 e. The molecule has 0 saturated carbocycles. The third-order valence-corrected chi connectivity index (χ3v) is 4.60. The number of hydrogen-bond donors (Lipinski definition) is 0. The van der Waals surface area contributed by atoms with E-state index in [0.717, 1.165) is 21.3 Å². The van der Waals surface area contributed by atoms with E-state index in [0.29, 0.717) is 5.88 Å². The van der Waals surface area contributed by atoms with E-state index in [1.54, 1.807) is 0 Å². The molecule has 0 bridgehead atoms. The lowest BCUT2D eigenvalue weighted by Crippen LogP contribution is -2.11. The predicted molar refractivity (Wildman–Crippen MR) is 92.0 cm³/mol. The molecule has 2 aromatic carbocycles. The van der Waals surface area contributed by atoms with Crippen molar-refractivity contribution in [2.45, 2.75) is 25.8 Å². The second-order valence-electron chi connectivity index (χ2n) is 5.20. The number of hydrogen-bond acceptors (Lipinski definition) is 1. The maximum absolute atomic E-state index is 6.12. The topological polar surface area (TPSA) is 17.8 Å². The van der Waals surface area contributed by atoms with Gasteiger partial charge in [0.15, 0.2) is 0 Å². The van der Waals surface area contributed by atoms with E-state index in [1.807, 2.05) is 12.1 Å². The SMILES string of the molecule is Cc1ccccc1C(C)n1c(CCl)nc2ccc(Br)cc21. The molecule has 1 aromatic heterocycles. The maximum Gasteiger partial charge on any atom is 0.125 e. The first kappa shape index (κ1) is 14.6. The third-order valence-electron chi connectivity index (χ3n) is 3.87. The minimum atomic E-state index is 0.194. The smallest absolute Gasteiger partial charge is 0.125 e. The van der Waals surface area contributed by atoms with Crippen molar-refractivity contribution in [1.29, 1.82) is 0 Å². The van der Waals surface area contributed by atoms with E-state index in [1.165, 1.54) is 11.1 Å². The number of halogens is 2. The van der Waals surface area contributed by atoms with Gasteiger partial charge in [0, 0.05) is 4.47 Å². The van der Waals surface area contributed by atoms with E-state index in [-0.39, 0.29) is 6.04 Å². The lowest BCUT2D eigenvalue weighted by atomic mass is 10.0. The van der Waals surface area contributed by atoms with Crippen molar-refractivity contribution in [2.24, 2.45) is 0 Å². The number of fused-ring (bicyclic) bond motifs is 1. The van der Waals surface area contributed by atoms with Crippen molar-refractivity contribution in [1.82, 2.24) is 9.55 Å².